The predicted molar refractivity (Wildman–Crippen MR) is 121 cm³/mol. The fourth-order valence-corrected chi connectivity index (χ4v) is 4.73. The molecule has 2 fully saturated rings. The topological polar surface area (TPSA) is 49.6 Å². The zero-order valence-electron chi connectivity index (χ0n) is 18.1. The molecule has 2 aromatic carbocycles. The number of nitrogens with zero attached hydrogens (tertiary/aromatic N) is 3. The number of halogens is 1. The third kappa shape index (κ3) is 4.32. The monoisotopic (exact) mass is 433 g/mol. The van der Waals surface area contributed by atoms with Gasteiger partial charge in [0.1, 0.15) is 23.9 Å². The third-order valence-corrected chi connectivity index (χ3v) is 6.77. The number of benzene rings is 2. The summed E-state index contributed by atoms with van der Waals surface area (Å²) in [6, 6.07) is 15.4. The van der Waals surface area contributed by atoms with Gasteiger partial charge in [0, 0.05) is 38.5 Å². The molecule has 6 heteroatoms. The molecule has 1 aliphatic heterocycles. The highest BCUT2D eigenvalue weighted by atomic mass is 19.1. The SMILES string of the molecule is O=C(Cc1ccc(N2CCN(C(c3ccccc3)c3ncco3)CC2)c(F)c1)C1CCC1. The molecular formula is C26H28FN3O2. The largest absolute Gasteiger partial charge is 0.447 e. The normalized spacial score (nSPS) is 18.3. The van der Waals surface area contributed by atoms with E-state index < -0.39 is 0 Å². The third-order valence-electron chi connectivity index (χ3n) is 6.77. The van der Waals surface area contributed by atoms with Crippen LogP contribution >= 0.6 is 0 Å². The summed E-state index contributed by atoms with van der Waals surface area (Å²) in [4.78, 5) is 21.1. The highest BCUT2D eigenvalue weighted by Crippen LogP contribution is 2.31. The molecule has 0 amide bonds. The second-order valence-electron chi connectivity index (χ2n) is 8.76. The molecule has 0 N–H and O–H groups in total. The zero-order valence-corrected chi connectivity index (χ0v) is 18.1. The Morgan fingerprint density at radius 1 is 1.09 bits per heavy atom. The van der Waals surface area contributed by atoms with E-state index >= 15 is 0 Å². The van der Waals surface area contributed by atoms with Crippen LogP contribution in [-0.4, -0.2) is 41.8 Å². The van der Waals surface area contributed by atoms with Gasteiger partial charge in [0.15, 0.2) is 0 Å². The number of Topliss-reactive ketones (excluding diaryl/α,β-unsaturated/α-hetero) is 1. The molecule has 3 aromatic rings. The minimum absolute atomic E-state index is 0.0573. The van der Waals surface area contributed by atoms with Crippen molar-refractivity contribution in [1.29, 1.82) is 0 Å². The minimum atomic E-state index is -0.246. The molecule has 32 heavy (non-hydrogen) atoms. The number of anilines is 1. The van der Waals surface area contributed by atoms with Gasteiger partial charge in [-0.3, -0.25) is 9.69 Å². The van der Waals surface area contributed by atoms with Crippen LogP contribution in [0.25, 0.3) is 0 Å². The van der Waals surface area contributed by atoms with Gasteiger partial charge in [-0.2, -0.15) is 0 Å². The highest BCUT2D eigenvalue weighted by Gasteiger charge is 2.30. The smallest absolute Gasteiger partial charge is 0.215 e. The van der Waals surface area contributed by atoms with Crippen LogP contribution in [0.3, 0.4) is 0 Å². The standard InChI is InChI=1S/C26H28FN3O2/c27-22-17-19(18-24(31)20-7-4-8-20)9-10-23(22)29-12-14-30(15-13-29)25(26-28-11-16-32-26)21-5-2-1-3-6-21/h1-3,5-6,9-11,16-17,20,25H,4,7-8,12-15,18H2. The van der Waals surface area contributed by atoms with Gasteiger partial charge in [-0.05, 0) is 36.1 Å². The van der Waals surface area contributed by atoms with Gasteiger partial charge in [0.25, 0.3) is 0 Å². The van der Waals surface area contributed by atoms with E-state index in [0.29, 0.717) is 31.1 Å². The lowest BCUT2D eigenvalue weighted by Gasteiger charge is -2.39. The van der Waals surface area contributed by atoms with Crippen LogP contribution in [0.4, 0.5) is 10.1 Å². The summed E-state index contributed by atoms with van der Waals surface area (Å²) in [6.45, 7) is 2.95. The van der Waals surface area contributed by atoms with Crippen molar-refractivity contribution in [2.45, 2.75) is 31.7 Å². The Morgan fingerprint density at radius 2 is 1.88 bits per heavy atom. The zero-order chi connectivity index (χ0) is 21.9. The molecule has 0 spiro atoms. The first kappa shape index (κ1) is 20.9. The molecular weight excluding hydrogens is 405 g/mol. The first-order valence-electron chi connectivity index (χ1n) is 11.4. The lowest BCUT2D eigenvalue weighted by atomic mass is 9.80. The van der Waals surface area contributed by atoms with E-state index in [2.05, 4.69) is 26.9 Å². The van der Waals surface area contributed by atoms with Crippen molar-refractivity contribution in [3.8, 4) is 0 Å². The summed E-state index contributed by atoms with van der Waals surface area (Å²) in [5.74, 6) is 0.864. The van der Waals surface area contributed by atoms with E-state index in [1.807, 2.05) is 30.3 Å². The number of aromatic nitrogens is 1. The summed E-state index contributed by atoms with van der Waals surface area (Å²) in [5, 5.41) is 0. The Hall–Kier alpha value is -2.99. The summed E-state index contributed by atoms with van der Waals surface area (Å²) in [6.07, 6.45) is 6.73. The maximum atomic E-state index is 14.9. The van der Waals surface area contributed by atoms with Gasteiger partial charge >= 0.3 is 0 Å². The van der Waals surface area contributed by atoms with E-state index in [1.165, 1.54) is 6.07 Å². The van der Waals surface area contributed by atoms with Crippen LogP contribution in [0.15, 0.2) is 65.4 Å². The molecule has 1 atom stereocenters. The molecule has 1 saturated carbocycles. The summed E-state index contributed by atoms with van der Waals surface area (Å²) in [5.41, 5.74) is 2.52. The molecule has 166 valence electrons. The van der Waals surface area contributed by atoms with Crippen LogP contribution in [0.5, 0.6) is 0 Å². The number of rotatable bonds is 7. The van der Waals surface area contributed by atoms with Crippen molar-refractivity contribution < 1.29 is 13.6 Å². The van der Waals surface area contributed by atoms with Gasteiger partial charge in [0.2, 0.25) is 5.89 Å². The second kappa shape index (κ2) is 9.25. The number of hydrogen-bond acceptors (Lipinski definition) is 5. The van der Waals surface area contributed by atoms with Crippen LogP contribution in [0, 0.1) is 11.7 Å². The molecule has 5 rings (SSSR count). The fraction of sp³-hybridized carbons (Fsp3) is 0.385. The maximum absolute atomic E-state index is 14.9. The van der Waals surface area contributed by atoms with Gasteiger partial charge in [-0.25, -0.2) is 9.37 Å². The van der Waals surface area contributed by atoms with Gasteiger partial charge in [-0.15, -0.1) is 0 Å². The summed E-state index contributed by atoms with van der Waals surface area (Å²) < 4.78 is 20.6. The molecule has 5 nitrogen and oxygen atoms in total. The number of carbonyl (C=O) groups excluding carboxylic acids is 1. The van der Waals surface area contributed by atoms with E-state index in [1.54, 1.807) is 12.5 Å². The summed E-state index contributed by atoms with van der Waals surface area (Å²) in [7, 11) is 0. The molecule has 2 heterocycles. The van der Waals surface area contributed by atoms with Gasteiger partial charge < -0.3 is 9.32 Å². The van der Waals surface area contributed by atoms with E-state index in [-0.39, 0.29) is 23.6 Å². The molecule has 0 bridgehead atoms. The average molecular weight is 434 g/mol. The van der Waals surface area contributed by atoms with E-state index in [4.69, 9.17) is 4.42 Å². The molecule has 1 saturated heterocycles. The molecule has 0 radical (unpaired) electrons. The molecule has 1 aliphatic carbocycles. The Labute approximate surface area is 187 Å². The molecule has 1 unspecified atom stereocenters. The Balaban J connectivity index is 1.26. The van der Waals surface area contributed by atoms with Gasteiger partial charge in [0.05, 0.1) is 11.9 Å². The number of carbonyl (C=O) groups is 1. The number of oxazole rings is 1. The minimum Gasteiger partial charge on any atom is -0.447 e. The fourth-order valence-electron chi connectivity index (χ4n) is 4.73. The number of ketones is 1. The van der Waals surface area contributed by atoms with Crippen molar-refractivity contribution in [1.82, 2.24) is 9.88 Å². The second-order valence-corrected chi connectivity index (χ2v) is 8.76. The lowest BCUT2D eigenvalue weighted by Crippen LogP contribution is -2.48. The van der Waals surface area contributed by atoms with Crippen molar-refractivity contribution in [3.63, 3.8) is 0 Å². The van der Waals surface area contributed by atoms with Crippen LogP contribution in [0.1, 0.15) is 42.3 Å². The number of hydrogen-bond donors (Lipinski definition) is 0. The molecule has 1 aromatic heterocycles. The van der Waals surface area contributed by atoms with E-state index in [0.717, 1.165) is 43.5 Å². The van der Waals surface area contributed by atoms with Crippen LogP contribution in [0.2, 0.25) is 0 Å². The summed E-state index contributed by atoms with van der Waals surface area (Å²) >= 11 is 0. The lowest BCUT2D eigenvalue weighted by molar-refractivity contribution is -0.124. The Bertz CT molecular complexity index is 1040. The first-order chi connectivity index (χ1) is 15.7. The highest BCUT2D eigenvalue weighted by molar-refractivity contribution is 5.84. The van der Waals surface area contributed by atoms with E-state index in [9.17, 15) is 9.18 Å². The van der Waals surface area contributed by atoms with Crippen molar-refractivity contribution in [2.24, 2.45) is 5.92 Å². The Morgan fingerprint density at radius 3 is 2.50 bits per heavy atom. The van der Waals surface area contributed by atoms with Crippen LogP contribution < -0.4 is 4.90 Å². The van der Waals surface area contributed by atoms with Crippen molar-refractivity contribution in [3.05, 3.63) is 83.8 Å². The van der Waals surface area contributed by atoms with Gasteiger partial charge in [-0.1, -0.05) is 42.8 Å². The maximum Gasteiger partial charge on any atom is 0.215 e. The van der Waals surface area contributed by atoms with Crippen LogP contribution in [-0.2, 0) is 11.2 Å². The first-order valence-corrected chi connectivity index (χ1v) is 11.4. The molecule has 2 aliphatic rings. The quantitative estimate of drug-likeness (QED) is 0.543. The number of piperazine rings is 1. The average Bonchev–Trinajstić information content (AvgIpc) is 3.29. The van der Waals surface area contributed by atoms with Crippen molar-refractivity contribution in [2.75, 3.05) is 31.1 Å². The Kier molecular flexibility index (Phi) is 6.04. The predicted octanol–water partition coefficient (Wildman–Crippen LogP) is 4.64. The van der Waals surface area contributed by atoms with Crippen molar-refractivity contribution >= 4 is 11.5 Å².